The number of guanidine groups is 1. The summed E-state index contributed by atoms with van der Waals surface area (Å²) in [6.07, 6.45) is 4.87. The fourth-order valence-corrected chi connectivity index (χ4v) is 2.07. The Labute approximate surface area is 140 Å². The smallest absolute Gasteiger partial charge is 0.191 e. The Morgan fingerprint density at radius 3 is 2.85 bits per heavy atom. The van der Waals surface area contributed by atoms with Crippen molar-refractivity contribution >= 4 is 29.9 Å². The van der Waals surface area contributed by atoms with Crippen LogP contribution in [0.25, 0.3) is 0 Å². The molecule has 120 valence electrons. The average Bonchev–Trinajstić information content (AvgIpc) is 2.91. The molecular weight excluding hydrogens is 369 g/mol. The average molecular weight is 399 g/mol. The second-order valence-corrected chi connectivity index (χ2v) is 4.66. The molecule has 0 aliphatic carbocycles. The Kier molecular flexibility index (Phi) is 13.8. The van der Waals surface area contributed by atoms with Crippen LogP contribution in [0.5, 0.6) is 0 Å². The number of hydrogen-bond donors (Lipinski definition) is 2. The monoisotopic (exact) mass is 399 g/mol. The predicted molar refractivity (Wildman–Crippen MR) is 94.1 cm³/mol. The molecule has 1 rings (SSSR count). The van der Waals surface area contributed by atoms with Crippen molar-refractivity contribution in [2.75, 3.05) is 39.5 Å². The third-order valence-corrected chi connectivity index (χ3v) is 3.05. The Balaban J connectivity index is 0.00000361. The van der Waals surface area contributed by atoms with E-state index in [9.17, 15) is 0 Å². The second kappa shape index (κ2) is 13.9. The van der Waals surface area contributed by atoms with Crippen molar-refractivity contribution in [1.82, 2.24) is 10.6 Å². The molecule has 1 unspecified atom stereocenters. The molecule has 0 aromatic carbocycles. The quantitative estimate of drug-likeness (QED) is 0.270. The van der Waals surface area contributed by atoms with Crippen LogP contribution in [0, 0.1) is 0 Å². The lowest BCUT2D eigenvalue weighted by atomic mass is 10.2. The number of ether oxygens (including phenoxy) is 2. The first-order valence-electron chi connectivity index (χ1n) is 7.58. The highest BCUT2D eigenvalue weighted by Gasteiger charge is 2.14. The Morgan fingerprint density at radius 1 is 1.35 bits per heavy atom. The SMILES string of the molecule is CCNC(=NCCCOCC)NCCC1CCCO1.I. The molecule has 0 amide bonds. The lowest BCUT2D eigenvalue weighted by molar-refractivity contribution is 0.105. The van der Waals surface area contributed by atoms with Gasteiger partial charge in [-0.05, 0) is 39.5 Å². The summed E-state index contributed by atoms with van der Waals surface area (Å²) in [6, 6.07) is 0. The van der Waals surface area contributed by atoms with Crippen molar-refractivity contribution in [2.45, 2.75) is 45.6 Å². The van der Waals surface area contributed by atoms with Crippen LogP contribution in [-0.2, 0) is 9.47 Å². The maximum Gasteiger partial charge on any atom is 0.191 e. The van der Waals surface area contributed by atoms with Crippen LogP contribution in [0.15, 0.2) is 4.99 Å². The van der Waals surface area contributed by atoms with Crippen LogP contribution in [0.1, 0.15) is 39.5 Å². The van der Waals surface area contributed by atoms with Crippen molar-refractivity contribution in [3.05, 3.63) is 0 Å². The van der Waals surface area contributed by atoms with Crippen molar-refractivity contribution in [1.29, 1.82) is 0 Å². The number of aliphatic imine (C=N–C) groups is 1. The Hall–Kier alpha value is -0.0800. The standard InChI is InChI=1S/C14H29N3O2.HI/c1-3-15-14(16-9-6-11-18-4-2)17-10-8-13-7-5-12-19-13;/h13H,3-12H2,1-2H3,(H2,15,16,17);1H. The van der Waals surface area contributed by atoms with Gasteiger partial charge in [0.25, 0.3) is 0 Å². The molecular formula is C14H30IN3O2. The van der Waals surface area contributed by atoms with Crippen LogP contribution in [-0.4, -0.2) is 51.5 Å². The zero-order chi connectivity index (χ0) is 13.8. The minimum atomic E-state index is 0. The van der Waals surface area contributed by atoms with Crippen molar-refractivity contribution < 1.29 is 9.47 Å². The molecule has 0 saturated carbocycles. The zero-order valence-electron chi connectivity index (χ0n) is 12.8. The van der Waals surface area contributed by atoms with Gasteiger partial charge >= 0.3 is 0 Å². The number of nitrogens with zero attached hydrogens (tertiary/aromatic N) is 1. The first kappa shape index (κ1) is 19.9. The van der Waals surface area contributed by atoms with E-state index in [4.69, 9.17) is 9.47 Å². The highest BCUT2D eigenvalue weighted by atomic mass is 127. The van der Waals surface area contributed by atoms with Gasteiger partial charge in [0.1, 0.15) is 0 Å². The van der Waals surface area contributed by atoms with Gasteiger partial charge in [0.2, 0.25) is 0 Å². The van der Waals surface area contributed by atoms with Gasteiger partial charge in [0, 0.05) is 39.5 Å². The first-order chi connectivity index (χ1) is 9.36. The lowest BCUT2D eigenvalue weighted by Crippen LogP contribution is -2.38. The van der Waals surface area contributed by atoms with Gasteiger partial charge in [-0.3, -0.25) is 4.99 Å². The molecule has 0 radical (unpaired) electrons. The molecule has 5 nitrogen and oxygen atoms in total. The van der Waals surface area contributed by atoms with Crippen molar-refractivity contribution in [3.63, 3.8) is 0 Å². The molecule has 1 saturated heterocycles. The summed E-state index contributed by atoms with van der Waals surface area (Å²) in [5.74, 6) is 0.900. The van der Waals surface area contributed by atoms with Gasteiger partial charge in [-0.25, -0.2) is 0 Å². The van der Waals surface area contributed by atoms with Gasteiger partial charge in [0.05, 0.1) is 6.10 Å². The molecule has 1 fully saturated rings. The molecule has 0 aromatic rings. The van der Waals surface area contributed by atoms with Gasteiger partial charge in [-0.1, -0.05) is 0 Å². The first-order valence-corrected chi connectivity index (χ1v) is 7.58. The van der Waals surface area contributed by atoms with Crippen LogP contribution >= 0.6 is 24.0 Å². The minimum absolute atomic E-state index is 0. The van der Waals surface area contributed by atoms with Gasteiger partial charge in [-0.15, -0.1) is 24.0 Å². The highest BCUT2D eigenvalue weighted by molar-refractivity contribution is 14.0. The summed E-state index contributed by atoms with van der Waals surface area (Å²) in [4.78, 5) is 4.52. The minimum Gasteiger partial charge on any atom is -0.382 e. The van der Waals surface area contributed by atoms with E-state index in [0.717, 1.165) is 58.3 Å². The molecule has 6 heteroatoms. The summed E-state index contributed by atoms with van der Waals surface area (Å²) in [5, 5.41) is 6.61. The number of nitrogens with one attached hydrogen (secondary N) is 2. The maximum atomic E-state index is 5.60. The van der Waals surface area contributed by atoms with Crippen LogP contribution in [0.2, 0.25) is 0 Å². The van der Waals surface area contributed by atoms with E-state index >= 15 is 0 Å². The molecule has 20 heavy (non-hydrogen) atoms. The van der Waals surface area contributed by atoms with E-state index < -0.39 is 0 Å². The number of halogens is 1. The summed E-state index contributed by atoms with van der Waals surface area (Å²) >= 11 is 0. The summed E-state index contributed by atoms with van der Waals surface area (Å²) in [5.41, 5.74) is 0. The lowest BCUT2D eigenvalue weighted by Gasteiger charge is -2.13. The van der Waals surface area contributed by atoms with Gasteiger partial charge < -0.3 is 20.1 Å². The van der Waals surface area contributed by atoms with Crippen LogP contribution in [0.3, 0.4) is 0 Å². The molecule has 1 heterocycles. The van der Waals surface area contributed by atoms with Crippen molar-refractivity contribution in [2.24, 2.45) is 4.99 Å². The van der Waals surface area contributed by atoms with E-state index in [0.29, 0.717) is 6.10 Å². The molecule has 1 atom stereocenters. The molecule has 0 aromatic heterocycles. The van der Waals surface area contributed by atoms with E-state index in [1.165, 1.54) is 12.8 Å². The molecule has 1 aliphatic heterocycles. The van der Waals surface area contributed by atoms with Gasteiger partial charge in [-0.2, -0.15) is 0 Å². The Bertz CT molecular complexity index is 247. The zero-order valence-corrected chi connectivity index (χ0v) is 15.2. The number of rotatable bonds is 9. The topological polar surface area (TPSA) is 54.9 Å². The predicted octanol–water partition coefficient (Wildman–Crippen LogP) is 2.16. The maximum absolute atomic E-state index is 5.60. The van der Waals surface area contributed by atoms with Crippen molar-refractivity contribution in [3.8, 4) is 0 Å². The molecule has 0 bridgehead atoms. The van der Waals surface area contributed by atoms with E-state index in [1.54, 1.807) is 0 Å². The van der Waals surface area contributed by atoms with E-state index in [-0.39, 0.29) is 24.0 Å². The van der Waals surface area contributed by atoms with E-state index in [2.05, 4.69) is 22.5 Å². The summed E-state index contributed by atoms with van der Waals surface area (Å²) in [7, 11) is 0. The third kappa shape index (κ3) is 9.77. The normalized spacial score (nSPS) is 18.7. The third-order valence-electron chi connectivity index (χ3n) is 3.05. The fraction of sp³-hybridized carbons (Fsp3) is 0.929. The largest absolute Gasteiger partial charge is 0.382 e. The molecule has 1 aliphatic rings. The molecule has 2 N–H and O–H groups in total. The fourth-order valence-electron chi connectivity index (χ4n) is 2.07. The number of hydrogen-bond acceptors (Lipinski definition) is 3. The second-order valence-electron chi connectivity index (χ2n) is 4.66. The van der Waals surface area contributed by atoms with Crippen LogP contribution in [0.4, 0.5) is 0 Å². The molecule has 0 spiro atoms. The Morgan fingerprint density at radius 2 is 2.20 bits per heavy atom. The van der Waals surface area contributed by atoms with E-state index in [1.807, 2.05) is 6.92 Å². The highest BCUT2D eigenvalue weighted by Crippen LogP contribution is 2.14. The summed E-state index contributed by atoms with van der Waals surface area (Å²) in [6.45, 7) is 9.20. The summed E-state index contributed by atoms with van der Waals surface area (Å²) < 4.78 is 10.9. The van der Waals surface area contributed by atoms with Gasteiger partial charge in [0.15, 0.2) is 5.96 Å². The van der Waals surface area contributed by atoms with Crippen LogP contribution < -0.4 is 10.6 Å².